The Kier molecular flexibility index (Phi) is 3.10. The molecule has 2 heterocycles. The van der Waals surface area contributed by atoms with Gasteiger partial charge in [-0.05, 0) is 31.5 Å². The molecule has 0 saturated heterocycles. The van der Waals surface area contributed by atoms with Crippen LogP contribution < -0.4 is 4.90 Å². The molecule has 20 heavy (non-hydrogen) atoms. The quantitative estimate of drug-likeness (QED) is 0.732. The van der Waals surface area contributed by atoms with Crippen molar-refractivity contribution in [2.45, 2.75) is 13.8 Å². The van der Waals surface area contributed by atoms with Crippen LogP contribution in [0.4, 0.5) is 11.5 Å². The first-order chi connectivity index (χ1) is 9.70. The van der Waals surface area contributed by atoms with Crippen LogP contribution in [-0.4, -0.2) is 26.3 Å². The fourth-order valence-corrected chi connectivity index (χ4v) is 2.42. The van der Waals surface area contributed by atoms with Crippen molar-refractivity contribution in [2.24, 2.45) is 7.05 Å². The van der Waals surface area contributed by atoms with E-state index in [1.165, 1.54) is 5.56 Å². The van der Waals surface area contributed by atoms with Crippen molar-refractivity contribution in [1.29, 1.82) is 0 Å². The third-order valence-corrected chi connectivity index (χ3v) is 3.39. The molecule has 0 unspecified atom stereocenters. The van der Waals surface area contributed by atoms with Gasteiger partial charge in [0.2, 0.25) is 0 Å². The van der Waals surface area contributed by atoms with Crippen LogP contribution in [0, 0.1) is 6.92 Å². The van der Waals surface area contributed by atoms with Gasteiger partial charge in [-0.3, -0.25) is 4.68 Å². The third-order valence-electron chi connectivity index (χ3n) is 3.39. The second-order valence-electron chi connectivity index (χ2n) is 4.79. The van der Waals surface area contributed by atoms with E-state index in [1.807, 2.05) is 13.2 Å². The Morgan fingerprint density at radius 3 is 2.85 bits per heavy atom. The highest BCUT2D eigenvalue weighted by molar-refractivity contribution is 5.89. The van der Waals surface area contributed by atoms with Gasteiger partial charge in [-0.15, -0.1) is 0 Å². The maximum Gasteiger partial charge on any atom is 0.163 e. The van der Waals surface area contributed by atoms with Crippen molar-refractivity contribution >= 4 is 22.5 Å². The lowest BCUT2D eigenvalue weighted by atomic mass is 10.2. The first-order valence-corrected chi connectivity index (χ1v) is 6.67. The van der Waals surface area contributed by atoms with E-state index in [0.717, 1.165) is 29.1 Å². The molecule has 3 rings (SSSR count). The van der Waals surface area contributed by atoms with E-state index in [-0.39, 0.29) is 0 Å². The van der Waals surface area contributed by atoms with Gasteiger partial charge in [0, 0.05) is 19.3 Å². The van der Waals surface area contributed by atoms with Crippen molar-refractivity contribution < 1.29 is 0 Å². The molecule has 5 nitrogen and oxygen atoms in total. The summed E-state index contributed by atoms with van der Waals surface area (Å²) in [4.78, 5) is 10.9. The summed E-state index contributed by atoms with van der Waals surface area (Å²) in [6, 6.07) is 8.42. The molecule has 0 amide bonds. The monoisotopic (exact) mass is 267 g/mol. The fourth-order valence-electron chi connectivity index (χ4n) is 2.42. The molecule has 0 aliphatic heterocycles. The van der Waals surface area contributed by atoms with E-state index in [1.54, 1.807) is 11.0 Å². The number of aromatic nitrogens is 4. The van der Waals surface area contributed by atoms with Crippen LogP contribution in [0.15, 0.2) is 36.8 Å². The highest BCUT2D eigenvalue weighted by atomic mass is 15.3. The van der Waals surface area contributed by atoms with Crippen molar-refractivity contribution in [2.75, 3.05) is 11.4 Å². The second-order valence-corrected chi connectivity index (χ2v) is 4.79. The predicted molar refractivity (Wildman–Crippen MR) is 80.2 cm³/mol. The van der Waals surface area contributed by atoms with Crippen LogP contribution in [0.2, 0.25) is 0 Å². The van der Waals surface area contributed by atoms with Gasteiger partial charge in [0.05, 0.1) is 11.6 Å². The van der Waals surface area contributed by atoms with E-state index in [4.69, 9.17) is 0 Å². The summed E-state index contributed by atoms with van der Waals surface area (Å²) in [5.41, 5.74) is 3.22. The third kappa shape index (κ3) is 2.01. The Bertz CT molecular complexity index is 747. The second kappa shape index (κ2) is 4.92. The zero-order chi connectivity index (χ0) is 14.1. The molecule has 0 bridgehead atoms. The van der Waals surface area contributed by atoms with Gasteiger partial charge >= 0.3 is 0 Å². The molecule has 5 heteroatoms. The molecule has 0 radical (unpaired) electrons. The lowest BCUT2D eigenvalue weighted by Gasteiger charge is -2.22. The number of aryl methyl sites for hydroxylation is 2. The first-order valence-electron chi connectivity index (χ1n) is 6.67. The summed E-state index contributed by atoms with van der Waals surface area (Å²) in [7, 11) is 1.89. The van der Waals surface area contributed by atoms with Gasteiger partial charge in [0.15, 0.2) is 5.65 Å². The van der Waals surface area contributed by atoms with Gasteiger partial charge in [0.25, 0.3) is 0 Å². The molecule has 1 aromatic carbocycles. The minimum Gasteiger partial charge on any atom is -0.326 e. The van der Waals surface area contributed by atoms with E-state index in [2.05, 4.69) is 58.1 Å². The Hall–Kier alpha value is -2.43. The molecule has 3 aromatic rings. The van der Waals surface area contributed by atoms with Gasteiger partial charge in [-0.25, -0.2) is 9.97 Å². The van der Waals surface area contributed by atoms with E-state index in [0.29, 0.717) is 0 Å². The van der Waals surface area contributed by atoms with Crippen LogP contribution in [0.3, 0.4) is 0 Å². The number of rotatable bonds is 3. The van der Waals surface area contributed by atoms with Gasteiger partial charge in [0.1, 0.15) is 12.1 Å². The maximum atomic E-state index is 4.46. The molecule has 0 aliphatic rings. The van der Waals surface area contributed by atoms with Gasteiger partial charge in [-0.1, -0.05) is 12.1 Å². The fraction of sp³-hybridized carbons (Fsp3) is 0.267. The van der Waals surface area contributed by atoms with Crippen molar-refractivity contribution in [3.8, 4) is 0 Å². The van der Waals surface area contributed by atoms with Crippen molar-refractivity contribution in [3.63, 3.8) is 0 Å². The molecular formula is C15H17N5. The zero-order valence-corrected chi connectivity index (χ0v) is 11.9. The minimum atomic E-state index is 0.838. The van der Waals surface area contributed by atoms with Crippen LogP contribution >= 0.6 is 0 Å². The number of hydrogen-bond donors (Lipinski definition) is 0. The molecular weight excluding hydrogens is 250 g/mol. The summed E-state index contributed by atoms with van der Waals surface area (Å²) in [5, 5.41) is 5.24. The van der Waals surface area contributed by atoms with Crippen LogP contribution in [0.25, 0.3) is 11.0 Å². The van der Waals surface area contributed by atoms with Gasteiger partial charge in [-0.2, -0.15) is 5.10 Å². The normalized spacial score (nSPS) is 10.9. The van der Waals surface area contributed by atoms with Crippen LogP contribution in [-0.2, 0) is 7.05 Å². The Morgan fingerprint density at radius 1 is 1.25 bits per heavy atom. The molecule has 0 spiro atoms. The van der Waals surface area contributed by atoms with E-state index in [9.17, 15) is 0 Å². The van der Waals surface area contributed by atoms with Crippen LogP contribution in [0.5, 0.6) is 0 Å². The summed E-state index contributed by atoms with van der Waals surface area (Å²) >= 11 is 0. The predicted octanol–water partition coefficient (Wildman–Crippen LogP) is 2.83. The number of fused-ring (bicyclic) bond motifs is 1. The molecule has 0 aliphatic carbocycles. The molecule has 0 N–H and O–H groups in total. The van der Waals surface area contributed by atoms with Crippen molar-refractivity contribution in [3.05, 3.63) is 42.4 Å². The average molecular weight is 267 g/mol. The van der Waals surface area contributed by atoms with Gasteiger partial charge < -0.3 is 4.90 Å². The largest absolute Gasteiger partial charge is 0.326 e. The van der Waals surface area contributed by atoms with Crippen molar-refractivity contribution in [1.82, 2.24) is 19.7 Å². The Labute approximate surface area is 117 Å². The number of hydrogen-bond acceptors (Lipinski definition) is 4. The van der Waals surface area contributed by atoms with E-state index < -0.39 is 0 Å². The highest BCUT2D eigenvalue weighted by Crippen LogP contribution is 2.29. The average Bonchev–Trinajstić information content (AvgIpc) is 2.83. The SMILES string of the molecule is CCN(c1cccc(C)c1)c1ncnc2c1cnn2C. The summed E-state index contributed by atoms with van der Waals surface area (Å²) in [6.45, 7) is 5.05. The van der Waals surface area contributed by atoms with Crippen LogP contribution in [0.1, 0.15) is 12.5 Å². The minimum absolute atomic E-state index is 0.838. The lowest BCUT2D eigenvalue weighted by Crippen LogP contribution is -2.17. The lowest BCUT2D eigenvalue weighted by molar-refractivity contribution is 0.785. The Balaban J connectivity index is 2.17. The molecule has 2 aromatic heterocycles. The molecule has 0 atom stereocenters. The highest BCUT2D eigenvalue weighted by Gasteiger charge is 2.15. The summed E-state index contributed by atoms with van der Waals surface area (Å²) in [6.07, 6.45) is 3.42. The standard InChI is InChI=1S/C15H17N5/c1-4-20(12-7-5-6-11(2)8-12)15-13-9-18-19(3)14(13)16-10-17-15/h5-10H,4H2,1-3H3. The molecule has 0 saturated carbocycles. The number of anilines is 2. The molecule has 102 valence electrons. The number of nitrogens with zero attached hydrogens (tertiary/aromatic N) is 5. The molecule has 0 fully saturated rings. The zero-order valence-electron chi connectivity index (χ0n) is 11.9. The Morgan fingerprint density at radius 2 is 2.10 bits per heavy atom. The van der Waals surface area contributed by atoms with E-state index >= 15 is 0 Å². The number of benzene rings is 1. The summed E-state index contributed by atoms with van der Waals surface area (Å²) < 4.78 is 1.77. The smallest absolute Gasteiger partial charge is 0.163 e. The maximum absolute atomic E-state index is 4.46. The topological polar surface area (TPSA) is 46.8 Å². The first kappa shape index (κ1) is 12.6. The summed E-state index contributed by atoms with van der Waals surface area (Å²) in [5.74, 6) is 0.899.